The van der Waals surface area contributed by atoms with Gasteiger partial charge in [-0.15, -0.1) is 0 Å². The highest BCUT2D eigenvalue weighted by Gasteiger charge is 2.38. The molecule has 1 aliphatic rings. The normalized spacial score (nSPS) is 21.2. The van der Waals surface area contributed by atoms with Gasteiger partial charge in [0.15, 0.2) is 0 Å². The zero-order valence-electron chi connectivity index (χ0n) is 11.3. The van der Waals surface area contributed by atoms with Crippen molar-refractivity contribution in [1.82, 2.24) is 4.48 Å². The van der Waals surface area contributed by atoms with Gasteiger partial charge >= 0.3 is 0 Å². The van der Waals surface area contributed by atoms with E-state index in [1.165, 1.54) is 16.8 Å². The van der Waals surface area contributed by atoms with Crippen molar-refractivity contribution in [3.8, 4) is 0 Å². The first-order chi connectivity index (χ1) is 9.72. The first-order valence-electron chi connectivity index (χ1n) is 6.95. The van der Waals surface area contributed by atoms with Crippen LogP contribution in [-0.2, 0) is 13.0 Å². The molecule has 0 amide bonds. The third-order valence-electron chi connectivity index (χ3n) is 4.10. The van der Waals surface area contributed by atoms with Gasteiger partial charge in [-0.3, -0.25) is 0 Å². The summed E-state index contributed by atoms with van der Waals surface area (Å²) in [4.78, 5) is 0. The predicted octanol–water partition coefficient (Wildman–Crippen LogP) is 4.36. The lowest BCUT2D eigenvalue weighted by Crippen LogP contribution is -2.53. The molecule has 1 heterocycles. The van der Waals surface area contributed by atoms with E-state index >= 15 is 0 Å². The van der Waals surface area contributed by atoms with Gasteiger partial charge in [-0.2, -0.15) is 0 Å². The summed E-state index contributed by atoms with van der Waals surface area (Å²) in [6.45, 7) is 1.93. The van der Waals surface area contributed by atoms with E-state index in [0.717, 1.165) is 30.3 Å². The molecule has 0 bridgehead atoms. The van der Waals surface area contributed by atoms with Crippen LogP contribution in [-0.4, -0.2) is 10.9 Å². The maximum absolute atomic E-state index is 5.54. The van der Waals surface area contributed by atoms with Gasteiger partial charge < -0.3 is 0 Å². The maximum atomic E-state index is 5.54. The third-order valence-corrected chi connectivity index (χ3v) is 4.83. The van der Waals surface area contributed by atoms with Crippen LogP contribution in [0.3, 0.4) is 0 Å². The molecule has 3 heteroatoms. The molecule has 0 fully saturated rings. The molecule has 0 saturated heterocycles. The fourth-order valence-corrected chi connectivity index (χ4v) is 3.66. The summed E-state index contributed by atoms with van der Waals surface area (Å²) >= 11 is 10.1. The van der Waals surface area contributed by atoms with Crippen molar-refractivity contribution in [3.05, 3.63) is 65.7 Å². The quantitative estimate of drug-likeness (QED) is 0.488. The Labute approximate surface area is 131 Å². The highest BCUT2D eigenvalue weighted by Crippen LogP contribution is 2.36. The van der Waals surface area contributed by atoms with E-state index in [2.05, 4.69) is 67.2 Å². The molecule has 0 aromatic heterocycles. The summed E-state index contributed by atoms with van der Waals surface area (Å²) in [5.74, 6) is 0. The van der Waals surface area contributed by atoms with Gasteiger partial charge in [0, 0.05) is 17.5 Å². The molecule has 102 valence electrons. The van der Waals surface area contributed by atoms with Gasteiger partial charge in [0.2, 0.25) is 4.32 Å². The number of hydrogen-bond acceptors (Lipinski definition) is 1. The average molecular weight is 300 g/mol. The van der Waals surface area contributed by atoms with Gasteiger partial charge in [-0.05, 0) is 24.7 Å². The first-order valence-corrected chi connectivity index (χ1v) is 7.81. The average Bonchev–Trinajstić information content (AvgIpc) is 2.48. The van der Waals surface area contributed by atoms with Gasteiger partial charge in [-0.1, -0.05) is 61.2 Å². The lowest BCUT2D eigenvalue weighted by Gasteiger charge is -2.40. The van der Waals surface area contributed by atoms with Gasteiger partial charge in [0.1, 0.15) is 12.2 Å². The number of benzene rings is 2. The Morgan fingerprint density at radius 3 is 2.50 bits per heavy atom. The molecule has 2 aromatic rings. The van der Waals surface area contributed by atoms with Crippen LogP contribution in [0.4, 0.5) is 5.69 Å². The zero-order chi connectivity index (χ0) is 14.0. The van der Waals surface area contributed by atoms with Crippen molar-refractivity contribution in [2.24, 2.45) is 0 Å². The molecule has 1 nitrogen and oxygen atoms in total. The fourth-order valence-electron chi connectivity index (χ4n) is 3.13. The summed E-state index contributed by atoms with van der Waals surface area (Å²) in [6.07, 6.45) is 2.30. The molecule has 0 saturated carbocycles. The minimum absolute atomic E-state index is 0.693. The Kier molecular flexibility index (Phi) is 3.92. The van der Waals surface area contributed by atoms with Gasteiger partial charge in [0.05, 0.1) is 6.54 Å². The second kappa shape index (κ2) is 5.68. The molecule has 3 rings (SSSR count). The molecule has 2 aromatic carbocycles. The highest BCUT2D eigenvalue weighted by atomic mass is 32.1. The van der Waals surface area contributed by atoms with Crippen LogP contribution in [0.2, 0.25) is 0 Å². The van der Waals surface area contributed by atoms with Crippen LogP contribution in [0.1, 0.15) is 17.5 Å². The molecular weight excluding hydrogens is 282 g/mol. The number of rotatable bonds is 2. The Morgan fingerprint density at radius 1 is 1.05 bits per heavy atom. The van der Waals surface area contributed by atoms with Crippen molar-refractivity contribution in [2.75, 3.05) is 6.54 Å². The molecule has 0 spiro atoms. The molecule has 1 atom stereocenters. The lowest BCUT2D eigenvalue weighted by atomic mass is 9.98. The van der Waals surface area contributed by atoms with Crippen molar-refractivity contribution >= 4 is 34.9 Å². The van der Waals surface area contributed by atoms with E-state index in [0.29, 0.717) is 4.48 Å². The van der Waals surface area contributed by atoms with Crippen molar-refractivity contribution in [3.63, 3.8) is 0 Å². The number of thiol groups is 1. The fraction of sp³-hybridized carbons (Fsp3) is 0.235. The second-order valence-electron chi connectivity index (χ2n) is 5.35. The van der Waals surface area contributed by atoms with Crippen LogP contribution < -0.4 is 4.48 Å². The van der Waals surface area contributed by atoms with E-state index < -0.39 is 0 Å². The lowest BCUT2D eigenvalue weighted by molar-refractivity contribution is 0.387. The molecule has 20 heavy (non-hydrogen) atoms. The smallest absolute Gasteiger partial charge is 0.235 e. The molecule has 0 N–H and O–H groups in total. The SMILES string of the molecule is S=C(S)[N+]1(Cc2ccccc2)CCCc2ccccc21. The van der Waals surface area contributed by atoms with Crippen LogP contribution in [0.25, 0.3) is 0 Å². The largest absolute Gasteiger partial charge is 0.240 e. The van der Waals surface area contributed by atoms with Crippen LogP contribution in [0.15, 0.2) is 54.6 Å². The van der Waals surface area contributed by atoms with Crippen LogP contribution in [0.5, 0.6) is 0 Å². The first kappa shape index (κ1) is 13.8. The Bertz CT molecular complexity index is 624. The Morgan fingerprint density at radius 2 is 1.75 bits per heavy atom. The second-order valence-corrected chi connectivity index (χ2v) is 6.46. The molecule has 1 aliphatic heterocycles. The van der Waals surface area contributed by atoms with Crippen molar-refractivity contribution in [1.29, 1.82) is 0 Å². The number of quaternary nitrogens is 1. The number of aryl methyl sites for hydroxylation is 1. The summed E-state index contributed by atoms with van der Waals surface area (Å²) in [5, 5.41) is 0. The van der Waals surface area contributed by atoms with Crippen molar-refractivity contribution < 1.29 is 0 Å². The highest BCUT2D eigenvalue weighted by molar-refractivity contribution is 8.11. The molecule has 1 unspecified atom stereocenters. The van der Waals surface area contributed by atoms with E-state index in [-0.39, 0.29) is 0 Å². The van der Waals surface area contributed by atoms with Crippen LogP contribution >= 0.6 is 24.8 Å². The number of para-hydroxylation sites is 1. The van der Waals surface area contributed by atoms with E-state index in [4.69, 9.17) is 12.2 Å². The number of hydrogen-bond donors (Lipinski definition) is 1. The summed E-state index contributed by atoms with van der Waals surface area (Å²) in [7, 11) is 0. The minimum atomic E-state index is 0.693. The zero-order valence-corrected chi connectivity index (χ0v) is 13.0. The topological polar surface area (TPSA) is 0 Å². The predicted molar refractivity (Wildman–Crippen MR) is 93.2 cm³/mol. The number of nitrogens with zero attached hydrogens (tertiary/aromatic N) is 1. The van der Waals surface area contributed by atoms with E-state index in [9.17, 15) is 0 Å². The maximum Gasteiger partial charge on any atom is 0.235 e. The van der Waals surface area contributed by atoms with Crippen LogP contribution in [0, 0.1) is 0 Å². The Hall–Kier alpha value is -1.16. The van der Waals surface area contributed by atoms with Gasteiger partial charge in [0.25, 0.3) is 0 Å². The standard InChI is InChI=1S/C17H17NS2/c19-17(20)18(13-14-7-2-1-3-8-14)12-6-10-15-9-4-5-11-16(15)18/h1-5,7-9,11H,6,10,12-13H2/p+1. The Balaban J connectivity index is 2.08. The molecule has 0 radical (unpaired) electrons. The monoisotopic (exact) mass is 300 g/mol. The van der Waals surface area contributed by atoms with E-state index in [1.807, 2.05) is 0 Å². The number of thiocarbonyl (C=S) groups is 1. The summed E-state index contributed by atoms with van der Waals surface area (Å²) in [6, 6.07) is 19.2. The van der Waals surface area contributed by atoms with E-state index in [1.54, 1.807) is 0 Å². The third kappa shape index (κ3) is 2.41. The van der Waals surface area contributed by atoms with Crippen molar-refractivity contribution in [2.45, 2.75) is 19.4 Å². The summed E-state index contributed by atoms with van der Waals surface area (Å²) in [5.41, 5.74) is 4.04. The van der Waals surface area contributed by atoms with Gasteiger partial charge in [-0.25, -0.2) is 4.48 Å². The summed E-state index contributed by atoms with van der Waals surface area (Å²) < 4.78 is 1.46. The molecule has 0 aliphatic carbocycles. The number of fused-ring (bicyclic) bond motifs is 1. The molecular formula is C17H18NS2+. The minimum Gasteiger partial charge on any atom is -0.240 e.